The van der Waals surface area contributed by atoms with E-state index in [0.29, 0.717) is 19.5 Å². The molecule has 0 rings (SSSR count). The molecule has 0 aromatic carbocycles. The lowest BCUT2D eigenvalue weighted by molar-refractivity contribution is 0.177. The fourth-order valence-electron chi connectivity index (χ4n) is 0.781. The van der Waals surface area contributed by atoms with Gasteiger partial charge in [-0.2, -0.15) is 12.7 Å². The number of rotatable bonds is 6. The number of nitrogens with zero attached hydrogens (tertiary/aromatic N) is 1. The van der Waals surface area contributed by atoms with E-state index in [0.717, 1.165) is 0 Å². The lowest BCUT2D eigenvalue weighted by Gasteiger charge is -2.17. The van der Waals surface area contributed by atoms with Crippen molar-refractivity contribution in [3.63, 3.8) is 0 Å². The smallest absolute Gasteiger partial charge is 0.279 e. The van der Waals surface area contributed by atoms with Crippen LogP contribution < -0.4 is 4.72 Å². The molecule has 0 saturated heterocycles. The van der Waals surface area contributed by atoms with Gasteiger partial charge in [-0.1, -0.05) is 6.92 Å². The minimum Gasteiger partial charge on any atom is -0.393 e. The first-order valence-corrected chi connectivity index (χ1v) is 5.73. The highest BCUT2D eigenvalue weighted by Crippen LogP contribution is 1.97. The molecule has 1 unspecified atom stereocenters. The van der Waals surface area contributed by atoms with Crippen molar-refractivity contribution in [1.82, 2.24) is 9.03 Å². The van der Waals surface area contributed by atoms with E-state index in [9.17, 15) is 8.42 Å². The predicted octanol–water partition coefficient (Wildman–Crippen LogP) is -0.457. The van der Waals surface area contributed by atoms with Crippen molar-refractivity contribution in [3.8, 4) is 0 Å². The zero-order valence-electron chi connectivity index (χ0n) is 8.32. The molecule has 2 N–H and O–H groups in total. The molecule has 80 valence electrons. The molecule has 0 bridgehead atoms. The Hall–Kier alpha value is -0.170. The summed E-state index contributed by atoms with van der Waals surface area (Å²) in [7, 11) is -1.85. The molecule has 0 spiro atoms. The molecule has 0 heterocycles. The van der Waals surface area contributed by atoms with Gasteiger partial charge >= 0.3 is 0 Å². The molecular formula is C7H18N2O3S. The van der Waals surface area contributed by atoms with E-state index in [1.165, 1.54) is 11.4 Å². The highest BCUT2D eigenvalue weighted by Gasteiger charge is 2.15. The Labute approximate surface area is 79.9 Å². The van der Waals surface area contributed by atoms with Crippen LogP contribution in [0.3, 0.4) is 0 Å². The maximum Gasteiger partial charge on any atom is 0.279 e. The third-order valence-corrected chi connectivity index (χ3v) is 3.26. The van der Waals surface area contributed by atoms with Crippen molar-refractivity contribution in [2.24, 2.45) is 0 Å². The highest BCUT2D eigenvalue weighted by atomic mass is 32.2. The Morgan fingerprint density at radius 3 is 2.46 bits per heavy atom. The van der Waals surface area contributed by atoms with Gasteiger partial charge in [0.25, 0.3) is 10.2 Å². The van der Waals surface area contributed by atoms with Crippen molar-refractivity contribution in [3.05, 3.63) is 0 Å². The SMILES string of the molecule is CCNS(=O)(=O)N(C)CCC(C)O. The quantitative estimate of drug-likeness (QED) is 0.623. The summed E-state index contributed by atoms with van der Waals surface area (Å²) >= 11 is 0. The second-order valence-corrected chi connectivity index (χ2v) is 4.82. The lowest BCUT2D eigenvalue weighted by atomic mass is 10.3. The normalized spacial score (nSPS) is 14.8. The van der Waals surface area contributed by atoms with E-state index in [2.05, 4.69) is 4.72 Å². The van der Waals surface area contributed by atoms with Crippen LogP contribution in [0.1, 0.15) is 20.3 Å². The first-order valence-electron chi connectivity index (χ1n) is 4.29. The molecule has 0 amide bonds. The largest absolute Gasteiger partial charge is 0.393 e. The van der Waals surface area contributed by atoms with Gasteiger partial charge in [0, 0.05) is 20.1 Å². The van der Waals surface area contributed by atoms with Crippen molar-refractivity contribution in [2.75, 3.05) is 20.1 Å². The average molecular weight is 210 g/mol. The number of hydrogen-bond donors (Lipinski definition) is 2. The first-order chi connectivity index (χ1) is 5.90. The van der Waals surface area contributed by atoms with Crippen LogP contribution in [0, 0.1) is 0 Å². The molecule has 0 aromatic heterocycles. The maximum atomic E-state index is 11.3. The van der Waals surface area contributed by atoms with E-state index < -0.39 is 16.3 Å². The molecule has 6 heteroatoms. The van der Waals surface area contributed by atoms with Crippen molar-refractivity contribution < 1.29 is 13.5 Å². The van der Waals surface area contributed by atoms with E-state index in [1.807, 2.05) is 0 Å². The third-order valence-electron chi connectivity index (χ3n) is 1.60. The van der Waals surface area contributed by atoms with Gasteiger partial charge in [-0.25, -0.2) is 4.72 Å². The summed E-state index contributed by atoms with van der Waals surface area (Å²) in [5.41, 5.74) is 0. The predicted molar refractivity (Wildman–Crippen MR) is 51.5 cm³/mol. The Morgan fingerprint density at radius 2 is 2.08 bits per heavy atom. The summed E-state index contributed by atoms with van der Waals surface area (Å²) in [6.07, 6.45) is -0.0273. The second-order valence-electron chi connectivity index (χ2n) is 2.96. The van der Waals surface area contributed by atoms with E-state index in [4.69, 9.17) is 5.11 Å². The molecule has 5 nitrogen and oxygen atoms in total. The minimum absolute atomic E-state index is 0.326. The average Bonchev–Trinajstić information content (AvgIpc) is 1.99. The Kier molecular flexibility index (Phi) is 5.46. The minimum atomic E-state index is -3.33. The molecule has 13 heavy (non-hydrogen) atoms. The molecular weight excluding hydrogens is 192 g/mol. The highest BCUT2D eigenvalue weighted by molar-refractivity contribution is 7.87. The van der Waals surface area contributed by atoms with Crippen LogP contribution in [0.25, 0.3) is 0 Å². The van der Waals surface area contributed by atoms with Gasteiger partial charge < -0.3 is 5.11 Å². The van der Waals surface area contributed by atoms with Crippen LogP contribution in [0.4, 0.5) is 0 Å². The van der Waals surface area contributed by atoms with Crippen LogP contribution in [-0.2, 0) is 10.2 Å². The summed E-state index contributed by atoms with van der Waals surface area (Å²) in [6, 6.07) is 0. The Morgan fingerprint density at radius 1 is 1.54 bits per heavy atom. The fraction of sp³-hybridized carbons (Fsp3) is 1.00. The van der Waals surface area contributed by atoms with Crippen LogP contribution in [-0.4, -0.2) is 44.1 Å². The monoisotopic (exact) mass is 210 g/mol. The van der Waals surface area contributed by atoms with Gasteiger partial charge in [-0.15, -0.1) is 0 Å². The van der Waals surface area contributed by atoms with Gasteiger partial charge in [0.2, 0.25) is 0 Å². The van der Waals surface area contributed by atoms with Gasteiger partial charge in [-0.3, -0.25) is 0 Å². The van der Waals surface area contributed by atoms with Crippen molar-refractivity contribution >= 4 is 10.2 Å². The summed E-state index contributed by atoms with van der Waals surface area (Å²) in [6.45, 7) is 4.06. The molecule has 0 radical (unpaired) electrons. The standard InChI is InChI=1S/C7H18N2O3S/c1-4-8-13(11,12)9(3)6-5-7(2)10/h7-8,10H,4-6H2,1-3H3. The third kappa shape index (κ3) is 5.20. The van der Waals surface area contributed by atoms with Crippen LogP contribution in [0.2, 0.25) is 0 Å². The summed E-state index contributed by atoms with van der Waals surface area (Å²) < 4.78 is 26.1. The zero-order valence-corrected chi connectivity index (χ0v) is 9.13. The van der Waals surface area contributed by atoms with E-state index in [1.54, 1.807) is 13.8 Å². The molecule has 0 aliphatic rings. The Balaban J connectivity index is 4.02. The van der Waals surface area contributed by atoms with E-state index in [-0.39, 0.29) is 0 Å². The maximum absolute atomic E-state index is 11.3. The Bertz CT molecular complexity index is 226. The van der Waals surface area contributed by atoms with Gasteiger partial charge in [0.15, 0.2) is 0 Å². The number of aliphatic hydroxyl groups is 1. The number of aliphatic hydroxyl groups excluding tert-OH is 1. The molecule has 0 fully saturated rings. The fourth-order valence-corrected chi connectivity index (χ4v) is 1.71. The molecule has 0 saturated carbocycles. The summed E-state index contributed by atoms with van der Waals surface area (Å²) in [5, 5.41) is 8.95. The summed E-state index contributed by atoms with van der Waals surface area (Å²) in [5.74, 6) is 0. The van der Waals surface area contributed by atoms with Gasteiger partial charge in [0.05, 0.1) is 6.10 Å². The molecule has 0 aromatic rings. The van der Waals surface area contributed by atoms with Gasteiger partial charge in [0.1, 0.15) is 0 Å². The zero-order chi connectivity index (χ0) is 10.5. The van der Waals surface area contributed by atoms with Crippen LogP contribution in [0.5, 0.6) is 0 Å². The second kappa shape index (κ2) is 5.54. The first kappa shape index (κ1) is 12.8. The lowest BCUT2D eigenvalue weighted by Crippen LogP contribution is -2.39. The van der Waals surface area contributed by atoms with Crippen molar-refractivity contribution in [2.45, 2.75) is 26.4 Å². The topological polar surface area (TPSA) is 69.6 Å². The molecule has 0 aliphatic heterocycles. The van der Waals surface area contributed by atoms with Crippen molar-refractivity contribution in [1.29, 1.82) is 0 Å². The van der Waals surface area contributed by atoms with Crippen LogP contribution in [0.15, 0.2) is 0 Å². The number of hydrogen-bond acceptors (Lipinski definition) is 3. The summed E-state index contributed by atoms with van der Waals surface area (Å²) in [4.78, 5) is 0. The number of nitrogens with one attached hydrogen (secondary N) is 1. The molecule has 1 atom stereocenters. The van der Waals surface area contributed by atoms with Crippen LogP contribution >= 0.6 is 0 Å². The van der Waals surface area contributed by atoms with E-state index >= 15 is 0 Å². The molecule has 0 aliphatic carbocycles. The van der Waals surface area contributed by atoms with Gasteiger partial charge in [-0.05, 0) is 13.3 Å².